The highest BCUT2D eigenvalue weighted by Gasteiger charge is 2.41. The van der Waals surface area contributed by atoms with E-state index in [0.717, 1.165) is 57.4 Å². The number of benzene rings is 3. The molecular formula is C116H116N8O22S. The number of pyridine rings is 6. The van der Waals surface area contributed by atoms with Gasteiger partial charge in [0, 0.05) is 217 Å². The number of ether oxygens (including phenoxy) is 6. The number of aryl methyl sites for hydroxylation is 5. The smallest absolute Gasteiger partial charge is 0.339 e. The van der Waals surface area contributed by atoms with Crippen molar-refractivity contribution in [3.63, 3.8) is 0 Å². The third-order valence-electron chi connectivity index (χ3n) is 24.4. The fraction of sp³-hybridized carbons (Fsp3) is 0.336. The zero-order valence-electron chi connectivity index (χ0n) is 85.8. The molecule has 0 spiro atoms. The minimum atomic E-state index is -1.22. The number of thiazole rings is 1. The van der Waals surface area contributed by atoms with Gasteiger partial charge in [-0.05, 0) is 157 Å². The summed E-state index contributed by atoms with van der Waals surface area (Å²) < 4.78 is 40.1. The van der Waals surface area contributed by atoms with Gasteiger partial charge in [-0.15, -0.1) is 11.3 Å². The number of carbonyl (C=O) groups is 5. The zero-order chi connectivity index (χ0) is 107. The lowest BCUT2D eigenvalue weighted by molar-refractivity contribution is -0.138. The molecule has 0 saturated heterocycles. The Hall–Kier alpha value is -15.9. The molecular weight excluding hydrogens is 1890 g/mol. The van der Waals surface area contributed by atoms with E-state index >= 15 is 0 Å². The van der Waals surface area contributed by atoms with Gasteiger partial charge in [0.15, 0.2) is 0 Å². The van der Waals surface area contributed by atoms with Crippen LogP contribution in [-0.4, -0.2) is 128 Å². The lowest BCUT2D eigenvalue weighted by atomic mass is 9.98. The van der Waals surface area contributed by atoms with Crippen LogP contribution in [0.3, 0.4) is 0 Å². The quantitative estimate of drug-likeness (QED) is 0.0264. The van der Waals surface area contributed by atoms with Crippen LogP contribution in [0.2, 0.25) is 0 Å². The Bertz CT molecular complexity index is 7700. The molecule has 0 radical (unpaired) electrons. The number of aromatic nitrogens is 7. The molecule has 7 aromatic heterocycles. The Morgan fingerprint density at radius 3 is 0.993 bits per heavy atom. The normalized spacial score (nSPS) is 13.8. The molecule has 10 aromatic rings. The van der Waals surface area contributed by atoms with Gasteiger partial charge in [0.2, 0.25) is 0 Å². The second-order valence-corrected chi connectivity index (χ2v) is 39.8. The van der Waals surface area contributed by atoms with Crippen LogP contribution in [0.15, 0.2) is 192 Å². The number of aliphatic hydroxyl groups is 6. The molecule has 3 aromatic carbocycles. The monoisotopic (exact) mass is 2000 g/mol. The molecule has 7 heterocycles. The van der Waals surface area contributed by atoms with Crippen molar-refractivity contribution in [2.45, 2.75) is 210 Å². The number of hydrogen-bond acceptors (Lipinski definition) is 26. The summed E-state index contributed by atoms with van der Waals surface area (Å²) in [6, 6.07) is 27.0. The molecule has 1 fully saturated rings. The minimum absolute atomic E-state index is 0.0111. The fourth-order valence-corrected chi connectivity index (χ4v) is 17.6. The second kappa shape index (κ2) is 46.0. The highest BCUT2D eigenvalue weighted by molar-refractivity contribution is 7.09. The Labute approximate surface area is 855 Å². The van der Waals surface area contributed by atoms with Gasteiger partial charge >= 0.3 is 29.8 Å². The van der Waals surface area contributed by atoms with Crippen LogP contribution in [-0.2, 0) is 155 Å². The maximum Gasteiger partial charge on any atom is 0.339 e. The van der Waals surface area contributed by atoms with Crippen LogP contribution < -0.4 is 32.5 Å². The van der Waals surface area contributed by atoms with E-state index in [4.69, 9.17) is 28.4 Å². The lowest BCUT2D eigenvalue weighted by Crippen LogP contribution is -2.25. The zero-order valence-corrected chi connectivity index (χ0v) is 86.6. The van der Waals surface area contributed by atoms with E-state index in [2.05, 4.69) is 75.2 Å². The molecule has 16 rings (SSSR count). The molecule has 1 saturated carbocycles. The van der Waals surface area contributed by atoms with Gasteiger partial charge in [-0.3, -0.25) is 29.0 Å². The van der Waals surface area contributed by atoms with E-state index in [1.165, 1.54) is 34.2 Å². The van der Waals surface area contributed by atoms with Crippen molar-refractivity contribution in [2.75, 3.05) is 7.11 Å². The van der Waals surface area contributed by atoms with Crippen molar-refractivity contribution in [3.05, 3.63) is 341 Å². The van der Waals surface area contributed by atoms with Crippen molar-refractivity contribution >= 4 is 69.0 Å². The van der Waals surface area contributed by atoms with Crippen molar-refractivity contribution < 1.29 is 83.0 Å². The number of hydrogen-bond donors (Lipinski definition) is 6. The van der Waals surface area contributed by atoms with Gasteiger partial charge < -0.3 is 81.9 Å². The maximum atomic E-state index is 13.0. The third-order valence-corrected chi connectivity index (χ3v) is 25.2. The van der Waals surface area contributed by atoms with E-state index in [0.29, 0.717) is 171 Å². The fourth-order valence-electron chi connectivity index (χ4n) is 17.1. The van der Waals surface area contributed by atoms with Gasteiger partial charge in [0.05, 0.1) is 53.2 Å². The van der Waals surface area contributed by atoms with E-state index in [1.807, 2.05) is 50.4 Å². The Morgan fingerprint density at radius 2 is 0.680 bits per heavy atom. The molecule has 6 N–H and O–H groups in total. The van der Waals surface area contributed by atoms with Crippen LogP contribution in [0.1, 0.15) is 232 Å². The molecule has 6 aliphatic carbocycles. The molecule has 6 aliphatic rings. The minimum Gasteiger partial charge on any atom is -0.496 e. The Balaban J connectivity index is 0.000000163. The number of methoxy groups -OCH3 is 1. The molecule has 147 heavy (non-hydrogen) atoms. The molecule has 758 valence electrons. The lowest BCUT2D eigenvalue weighted by Gasteiger charge is -2.15. The van der Waals surface area contributed by atoms with Crippen LogP contribution in [0.4, 0.5) is 0 Å². The van der Waals surface area contributed by atoms with Crippen LogP contribution in [0.5, 0.6) is 5.75 Å². The van der Waals surface area contributed by atoms with Crippen molar-refractivity contribution in [2.24, 2.45) is 41.2 Å². The average molecular weight is 2010 g/mol. The molecule has 31 heteroatoms. The van der Waals surface area contributed by atoms with E-state index in [-0.39, 0.29) is 73.4 Å². The van der Waals surface area contributed by atoms with Crippen molar-refractivity contribution in [1.29, 1.82) is 5.26 Å². The molecule has 0 bridgehead atoms. The summed E-state index contributed by atoms with van der Waals surface area (Å²) in [5.41, 5.74) is 10.4. The average Bonchev–Trinajstić information content (AvgIpc) is 1.62. The summed E-state index contributed by atoms with van der Waals surface area (Å²) in [6.07, 6.45) is 16.6. The predicted molar refractivity (Wildman–Crippen MR) is 555 cm³/mol. The highest BCUT2D eigenvalue weighted by atomic mass is 32.1. The van der Waals surface area contributed by atoms with Gasteiger partial charge in [0.25, 0.3) is 27.8 Å². The van der Waals surface area contributed by atoms with Crippen molar-refractivity contribution in [3.8, 4) is 71.0 Å². The highest BCUT2D eigenvalue weighted by Crippen LogP contribution is 2.43. The summed E-state index contributed by atoms with van der Waals surface area (Å²) in [6.45, 7) is 23.4. The van der Waals surface area contributed by atoms with Crippen LogP contribution in [0, 0.1) is 76.5 Å². The first-order chi connectivity index (χ1) is 69.3. The van der Waals surface area contributed by atoms with E-state index in [9.17, 15) is 83.8 Å². The topological polar surface area (TPSA) is 422 Å². The second-order valence-electron chi connectivity index (χ2n) is 38.8. The molecule has 0 amide bonds. The Kier molecular flexibility index (Phi) is 34.4. The molecule has 30 nitrogen and oxygen atoms in total. The van der Waals surface area contributed by atoms with Gasteiger partial charge in [-0.25, -0.2) is 29.0 Å². The SMILES string of the molecule is CC1=C(C(=O)OCc2ccccc2C#N)c2c(C#CC(C)(C)O)cn(C)c(=O)c2C1.CC1=C(C(=O)OCc2ccccc2CO)c2c(C#CC(C)(C)O)cn(C)c(=O)c2C1.CC1=C(C(=O)OCc2ccncc2)c2c(C#CC(C)(C)O)cn(C)c(=O)c2C1.CC1=C(C(=O)OCc2nccs2)c2c(C#CC(C)(O)C3CC3)cn(C)c(=O)c2C1.COc1ccccc1COC(=O)C1=C(C)Cc2c1c(C#CC(C)(C)O)cn(C)c2=O. The number of nitriles is 1. The first-order valence-corrected chi connectivity index (χ1v) is 48.0. The summed E-state index contributed by atoms with van der Waals surface area (Å²) in [5.74, 6) is 26.9. The number of para-hydroxylation sites is 1. The first kappa shape index (κ1) is 110. The van der Waals surface area contributed by atoms with Crippen molar-refractivity contribution in [1.82, 2.24) is 32.8 Å². The summed E-state index contributed by atoms with van der Waals surface area (Å²) in [4.78, 5) is 136. The molecule has 1 atom stereocenters. The van der Waals surface area contributed by atoms with Gasteiger partial charge in [-0.1, -0.05) is 148 Å². The molecule has 1 unspecified atom stereocenters. The number of esters is 5. The van der Waals surface area contributed by atoms with Gasteiger partial charge in [0.1, 0.15) is 71.8 Å². The number of allylic oxidation sites excluding steroid dienone is 5. The van der Waals surface area contributed by atoms with Crippen LogP contribution in [0.25, 0.3) is 27.9 Å². The van der Waals surface area contributed by atoms with E-state index < -0.39 is 57.9 Å². The first-order valence-electron chi connectivity index (χ1n) is 47.1. The summed E-state index contributed by atoms with van der Waals surface area (Å²) in [5, 5.41) is 71.6. The standard InChI is InChI=1S/C24H22N2O4.2C24H25NO5.C22H22N2O4S.C22H22N2O4/c1-15-11-19-21(17(9-10-24(2,3)29)13-26(4)22(19)27)20(15)23(28)30-14-18-8-6-5-7-16(18)12-25;1-15-12-18-21(16(10-11-24(2,3)28)13-25(4)22(18)26)20(15)23(27)30-14-17-8-6-7-9-19(17)29-5;1-15-11-19-21(16(9-10-24(2,3)29)12-25(4)22(19)27)20(15)23(28)30-14-18-8-6-5-7-17(18)13-26;1-13-10-16-19(18(13)21(26)28-12-17-23-8-9-29-17)14(11-24(3)20(16)25)6-7-22(2,27)15-4-5-15;1-14-11-17-19(16(5-8-22(2,3)27)12-24(4)20(17)25)18(14)21(26)28-13-15-6-9-23-10-7-15/h5-8,13,29H,11,14H2,1-4H3;6-9,13,28H,12,14H2,1-5H3;5-8,12,26,29H,11,13-14H2,1-4H3;8-9,11,15,27H,4-5,10,12H2,1-3H3;6-7,9-10,12,27H,11,13H2,1-4H3. The largest absolute Gasteiger partial charge is 0.496 e. The number of carbonyl (C=O) groups excluding carboxylic acids is 5. The molecule has 0 aliphatic heterocycles. The van der Waals surface area contributed by atoms with Crippen LogP contribution >= 0.6 is 11.3 Å². The Morgan fingerprint density at radius 1 is 0.388 bits per heavy atom. The number of rotatable bonds is 18. The number of fused-ring (bicyclic) bond motifs is 5. The van der Waals surface area contributed by atoms with Gasteiger partial charge in [-0.2, -0.15) is 5.26 Å². The number of nitrogens with zero attached hydrogens (tertiary/aromatic N) is 8. The van der Waals surface area contributed by atoms with E-state index in [1.54, 1.807) is 229 Å². The summed E-state index contributed by atoms with van der Waals surface area (Å²) in [7, 11) is 9.78. The third kappa shape index (κ3) is 26.8. The predicted octanol–water partition coefficient (Wildman–Crippen LogP) is 11.5. The summed E-state index contributed by atoms with van der Waals surface area (Å²) >= 11 is 1.41. The maximum absolute atomic E-state index is 13.0. The number of aliphatic hydroxyl groups excluding tert-OH is 1.